The Hall–Kier alpha value is -2.15. The summed E-state index contributed by atoms with van der Waals surface area (Å²) in [6.45, 7) is 6.23. The minimum absolute atomic E-state index is 0.118. The van der Waals surface area contributed by atoms with E-state index in [1.54, 1.807) is 12.3 Å². The molecule has 2 aliphatic carbocycles. The van der Waals surface area contributed by atoms with Gasteiger partial charge in [-0.2, -0.15) is 0 Å². The van der Waals surface area contributed by atoms with Crippen molar-refractivity contribution in [3.63, 3.8) is 0 Å². The van der Waals surface area contributed by atoms with Gasteiger partial charge in [-0.25, -0.2) is 4.98 Å². The molecular weight excluding hydrogens is 426 g/mol. The number of nitrogen functional groups attached to an aromatic ring is 1. The van der Waals surface area contributed by atoms with Crippen molar-refractivity contribution in [1.82, 2.24) is 15.6 Å². The van der Waals surface area contributed by atoms with Crippen LogP contribution in [-0.2, 0) is 16.1 Å². The molecule has 0 saturated heterocycles. The van der Waals surface area contributed by atoms with E-state index in [1.165, 1.54) is 38.5 Å². The highest BCUT2D eigenvalue weighted by molar-refractivity contribution is 5.90. The zero-order chi connectivity index (χ0) is 24.7. The topological polar surface area (TPSA) is 123 Å². The molecule has 0 spiro atoms. The first-order valence-electron chi connectivity index (χ1n) is 13.2. The van der Waals surface area contributed by atoms with E-state index >= 15 is 0 Å². The van der Waals surface area contributed by atoms with Gasteiger partial charge in [0.25, 0.3) is 0 Å². The first-order chi connectivity index (χ1) is 16.2. The largest absolute Gasteiger partial charge is 0.384 e. The Morgan fingerprint density at radius 1 is 0.971 bits per heavy atom. The highest BCUT2D eigenvalue weighted by atomic mass is 16.2. The maximum atomic E-state index is 13.7. The summed E-state index contributed by atoms with van der Waals surface area (Å²) in [5, 5.41) is 6.24. The van der Waals surface area contributed by atoms with Gasteiger partial charge in [-0.1, -0.05) is 91.0 Å². The van der Waals surface area contributed by atoms with E-state index in [0.29, 0.717) is 24.2 Å². The molecule has 0 bridgehead atoms. The zero-order valence-electron chi connectivity index (χ0n) is 21.3. The number of rotatable bonds is 8. The number of nitrogens with zero attached hydrogens (tertiary/aromatic N) is 1. The normalized spacial score (nSPS) is 20.0. The van der Waals surface area contributed by atoms with Gasteiger partial charge in [-0.05, 0) is 34.8 Å². The number of pyridine rings is 1. The zero-order valence-corrected chi connectivity index (χ0v) is 21.3. The Balaban J connectivity index is 1.85. The van der Waals surface area contributed by atoms with Crippen molar-refractivity contribution in [2.45, 2.75) is 104 Å². The Morgan fingerprint density at radius 3 is 2.00 bits per heavy atom. The van der Waals surface area contributed by atoms with Gasteiger partial charge in [0.05, 0.1) is 6.04 Å². The monoisotopic (exact) mass is 471 g/mol. The van der Waals surface area contributed by atoms with Crippen molar-refractivity contribution in [1.29, 1.82) is 0 Å². The fraction of sp³-hybridized carbons (Fsp3) is 0.741. The molecule has 3 rings (SSSR count). The molecule has 1 aromatic rings. The Bertz CT molecular complexity index is 774. The molecule has 0 unspecified atom stereocenters. The maximum absolute atomic E-state index is 13.7. The van der Waals surface area contributed by atoms with Crippen LogP contribution >= 0.6 is 0 Å². The second-order valence-corrected chi connectivity index (χ2v) is 11.5. The molecule has 2 aliphatic rings. The van der Waals surface area contributed by atoms with Crippen molar-refractivity contribution in [3.05, 3.63) is 23.9 Å². The van der Waals surface area contributed by atoms with E-state index < -0.39 is 12.1 Å². The van der Waals surface area contributed by atoms with Gasteiger partial charge in [0.1, 0.15) is 11.9 Å². The predicted octanol–water partition coefficient (Wildman–Crippen LogP) is 3.92. The maximum Gasteiger partial charge on any atom is 0.243 e. The van der Waals surface area contributed by atoms with Crippen LogP contribution in [0.15, 0.2) is 18.3 Å². The van der Waals surface area contributed by atoms with Crippen LogP contribution in [0.3, 0.4) is 0 Å². The van der Waals surface area contributed by atoms with Crippen molar-refractivity contribution >= 4 is 17.6 Å². The summed E-state index contributed by atoms with van der Waals surface area (Å²) >= 11 is 0. The lowest BCUT2D eigenvalue weighted by Gasteiger charge is -2.42. The van der Waals surface area contributed by atoms with Crippen LogP contribution < -0.4 is 22.1 Å². The third kappa shape index (κ3) is 7.17. The summed E-state index contributed by atoms with van der Waals surface area (Å²) in [6, 6.07) is 2.35. The van der Waals surface area contributed by atoms with Gasteiger partial charge in [-0.15, -0.1) is 0 Å². The summed E-state index contributed by atoms with van der Waals surface area (Å²) in [6.07, 6.45) is 13.5. The van der Waals surface area contributed by atoms with Gasteiger partial charge >= 0.3 is 0 Å². The standard InChI is InChI=1S/C27H45N5O2/c1-27(2,3)24(29)26(34)32-23(25(33)31-17-18-14-15-21(28)30-16-18)22(19-10-6-4-7-11-19)20-12-8-5-9-13-20/h14-16,19-20,22-24H,4-13,17,29H2,1-3H3,(H2,28,30)(H,31,33)(H,32,34)/t23-,24-/m1/s1. The molecule has 7 heteroatoms. The average Bonchev–Trinajstić information content (AvgIpc) is 2.83. The molecule has 7 nitrogen and oxygen atoms in total. The van der Waals surface area contributed by atoms with Crippen LogP contribution in [-0.4, -0.2) is 28.9 Å². The molecule has 190 valence electrons. The van der Waals surface area contributed by atoms with Crippen molar-refractivity contribution < 1.29 is 9.59 Å². The first-order valence-corrected chi connectivity index (χ1v) is 13.2. The molecule has 0 radical (unpaired) electrons. The number of anilines is 1. The smallest absolute Gasteiger partial charge is 0.243 e. The second kappa shape index (κ2) is 12.0. The predicted molar refractivity (Wildman–Crippen MR) is 136 cm³/mol. The summed E-state index contributed by atoms with van der Waals surface area (Å²) in [5.74, 6) is 1.15. The van der Waals surface area contributed by atoms with Crippen molar-refractivity contribution in [3.8, 4) is 0 Å². The van der Waals surface area contributed by atoms with E-state index in [9.17, 15) is 9.59 Å². The summed E-state index contributed by atoms with van der Waals surface area (Å²) in [7, 11) is 0. The molecular formula is C27H45N5O2. The Labute approximate surface area is 205 Å². The molecule has 2 amide bonds. The minimum Gasteiger partial charge on any atom is -0.384 e. The number of nitrogens with one attached hydrogen (secondary N) is 2. The summed E-state index contributed by atoms with van der Waals surface area (Å²) in [5.41, 5.74) is 12.5. The third-order valence-corrected chi connectivity index (χ3v) is 7.88. The number of hydrogen-bond acceptors (Lipinski definition) is 5. The van der Waals surface area contributed by atoms with E-state index in [1.807, 2.05) is 26.8 Å². The molecule has 0 aromatic carbocycles. The van der Waals surface area contributed by atoms with E-state index in [-0.39, 0.29) is 23.1 Å². The molecule has 2 atom stereocenters. The molecule has 6 N–H and O–H groups in total. The number of hydrogen-bond donors (Lipinski definition) is 4. The lowest BCUT2D eigenvalue weighted by Crippen LogP contribution is -2.59. The SMILES string of the molecule is CC(C)(C)[C@H](N)C(=O)N[C@@H](C(=O)NCc1ccc(N)nc1)C(C1CCCCC1)C1CCCCC1. The van der Waals surface area contributed by atoms with Crippen LogP contribution in [0.4, 0.5) is 5.82 Å². The molecule has 34 heavy (non-hydrogen) atoms. The summed E-state index contributed by atoms with van der Waals surface area (Å²) in [4.78, 5) is 31.1. The van der Waals surface area contributed by atoms with Crippen LogP contribution in [0.2, 0.25) is 0 Å². The van der Waals surface area contributed by atoms with Gasteiger partial charge in [0, 0.05) is 12.7 Å². The highest BCUT2D eigenvalue weighted by Crippen LogP contribution is 2.42. The molecule has 1 heterocycles. The lowest BCUT2D eigenvalue weighted by atomic mass is 9.66. The lowest BCUT2D eigenvalue weighted by molar-refractivity contribution is -0.134. The highest BCUT2D eigenvalue weighted by Gasteiger charge is 2.42. The fourth-order valence-corrected chi connectivity index (χ4v) is 5.78. The average molecular weight is 472 g/mol. The fourth-order valence-electron chi connectivity index (χ4n) is 5.78. The van der Waals surface area contributed by atoms with Gasteiger partial charge in [0.15, 0.2) is 0 Å². The third-order valence-electron chi connectivity index (χ3n) is 7.88. The van der Waals surface area contributed by atoms with Crippen LogP contribution in [0.5, 0.6) is 0 Å². The van der Waals surface area contributed by atoms with Crippen molar-refractivity contribution in [2.24, 2.45) is 28.9 Å². The van der Waals surface area contributed by atoms with E-state index in [4.69, 9.17) is 11.5 Å². The molecule has 0 aliphatic heterocycles. The van der Waals surface area contributed by atoms with E-state index in [0.717, 1.165) is 31.2 Å². The first kappa shape index (κ1) is 26.5. The number of carbonyl (C=O) groups excluding carboxylic acids is 2. The van der Waals surface area contributed by atoms with Crippen LogP contribution in [0.1, 0.15) is 90.5 Å². The van der Waals surface area contributed by atoms with E-state index in [2.05, 4.69) is 15.6 Å². The molecule has 2 fully saturated rings. The summed E-state index contributed by atoms with van der Waals surface area (Å²) < 4.78 is 0. The second-order valence-electron chi connectivity index (χ2n) is 11.5. The minimum atomic E-state index is -0.678. The van der Waals surface area contributed by atoms with Crippen LogP contribution in [0.25, 0.3) is 0 Å². The molecule has 1 aromatic heterocycles. The quantitative estimate of drug-likeness (QED) is 0.458. The number of amides is 2. The Morgan fingerprint density at radius 2 is 1.53 bits per heavy atom. The van der Waals surface area contributed by atoms with Gasteiger partial charge < -0.3 is 22.1 Å². The molecule has 2 saturated carbocycles. The van der Waals surface area contributed by atoms with Gasteiger partial charge in [-0.3, -0.25) is 9.59 Å². The van der Waals surface area contributed by atoms with Crippen LogP contribution in [0, 0.1) is 23.2 Å². The van der Waals surface area contributed by atoms with Crippen molar-refractivity contribution in [2.75, 3.05) is 5.73 Å². The Kier molecular flexibility index (Phi) is 9.34. The van der Waals surface area contributed by atoms with Gasteiger partial charge in [0.2, 0.25) is 11.8 Å². The number of aromatic nitrogens is 1. The number of carbonyl (C=O) groups is 2. The number of nitrogens with two attached hydrogens (primary N) is 2.